The minimum Gasteiger partial charge on any atom is -0.504 e. The van der Waals surface area contributed by atoms with Crippen LogP contribution in [0.2, 0.25) is 0 Å². The van der Waals surface area contributed by atoms with Gasteiger partial charge in [-0.2, -0.15) is 0 Å². The Labute approximate surface area is 127 Å². The molecule has 5 rings (SSSR count). The van der Waals surface area contributed by atoms with E-state index in [1.165, 1.54) is 11.1 Å². The van der Waals surface area contributed by atoms with Gasteiger partial charge in [-0.15, -0.1) is 0 Å². The van der Waals surface area contributed by atoms with Crippen molar-refractivity contribution in [3.8, 4) is 11.5 Å². The largest absolute Gasteiger partial charge is 0.504 e. The van der Waals surface area contributed by atoms with E-state index in [-0.39, 0.29) is 18.0 Å². The molecule has 108 valence electrons. The Morgan fingerprint density at radius 3 is 2.14 bits per heavy atom. The average Bonchev–Trinajstić information content (AvgIpc) is 3.13. The Morgan fingerprint density at radius 1 is 0.864 bits per heavy atom. The fourth-order valence-electron chi connectivity index (χ4n) is 3.91. The van der Waals surface area contributed by atoms with Gasteiger partial charge in [0.05, 0.1) is 7.11 Å². The highest BCUT2D eigenvalue weighted by Crippen LogP contribution is 2.60. The zero-order chi connectivity index (χ0) is 14.8. The highest BCUT2D eigenvalue weighted by molar-refractivity contribution is 5.96. The number of aromatic hydroxyl groups is 1. The first-order valence-corrected chi connectivity index (χ1v) is 7.37. The van der Waals surface area contributed by atoms with Crippen molar-refractivity contribution < 1.29 is 14.6 Å². The fourth-order valence-corrected chi connectivity index (χ4v) is 3.91. The molecule has 3 nitrogen and oxygen atoms in total. The van der Waals surface area contributed by atoms with Crippen molar-refractivity contribution in [2.24, 2.45) is 0 Å². The van der Waals surface area contributed by atoms with E-state index in [0.29, 0.717) is 5.75 Å². The maximum absolute atomic E-state index is 10.6. The molecular formula is C19H14O3. The topological polar surface area (TPSA) is 38.7 Å². The molecule has 2 aliphatic rings. The summed E-state index contributed by atoms with van der Waals surface area (Å²) in [6.07, 6.45) is -0.225. The van der Waals surface area contributed by atoms with E-state index >= 15 is 0 Å². The molecule has 2 unspecified atom stereocenters. The maximum Gasteiger partial charge on any atom is 0.167 e. The quantitative estimate of drug-likeness (QED) is 0.734. The number of rotatable bonds is 1. The monoisotopic (exact) mass is 290 g/mol. The van der Waals surface area contributed by atoms with Gasteiger partial charge in [0.2, 0.25) is 0 Å². The van der Waals surface area contributed by atoms with Crippen LogP contribution < -0.4 is 4.74 Å². The zero-order valence-corrected chi connectivity index (χ0v) is 12.0. The fraction of sp³-hybridized carbons (Fsp3) is 0.158. The van der Waals surface area contributed by atoms with Crippen molar-refractivity contribution >= 4 is 10.8 Å². The van der Waals surface area contributed by atoms with E-state index in [9.17, 15) is 5.11 Å². The zero-order valence-electron chi connectivity index (χ0n) is 12.0. The number of ether oxygens (including phenoxy) is 2. The molecule has 2 atom stereocenters. The molecule has 1 N–H and O–H groups in total. The predicted octanol–water partition coefficient (Wildman–Crippen LogP) is 4.08. The van der Waals surface area contributed by atoms with Crippen molar-refractivity contribution in [1.29, 1.82) is 0 Å². The van der Waals surface area contributed by atoms with Crippen LogP contribution in [0.5, 0.6) is 11.5 Å². The highest BCUT2D eigenvalue weighted by atomic mass is 16.5. The van der Waals surface area contributed by atoms with Crippen LogP contribution in [0.1, 0.15) is 34.5 Å². The second-order valence-corrected chi connectivity index (χ2v) is 5.78. The molecule has 0 aliphatic carbocycles. The number of phenolic OH excluding ortho intramolecular Hbond substituents is 1. The first-order valence-electron chi connectivity index (χ1n) is 7.37. The van der Waals surface area contributed by atoms with Gasteiger partial charge in [-0.05, 0) is 16.5 Å². The number of fused-ring (bicyclic) bond motifs is 10. The van der Waals surface area contributed by atoms with Crippen molar-refractivity contribution in [2.75, 3.05) is 7.11 Å². The molecule has 0 radical (unpaired) electrons. The Hall–Kier alpha value is -2.52. The first-order chi connectivity index (χ1) is 10.8. The van der Waals surface area contributed by atoms with Gasteiger partial charge in [0, 0.05) is 16.5 Å². The summed E-state index contributed by atoms with van der Waals surface area (Å²) in [7, 11) is 1.60. The van der Waals surface area contributed by atoms with Gasteiger partial charge in [0.25, 0.3) is 0 Å². The van der Waals surface area contributed by atoms with Gasteiger partial charge < -0.3 is 14.6 Å². The Bertz CT molecular complexity index is 929. The number of phenols is 1. The summed E-state index contributed by atoms with van der Waals surface area (Å²) in [4.78, 5) is 0. The van der Waals surface area contributed by atoms with Gasteiger partial charge in [0.1, 0.15) is 12.2 Å². The Morgan fingerprint density at radius 2 is 1.45 bits per heavy atom. The van der Waals surface area contributed by atoms with Crippen molar-refractivity contribution in [2.45, 2.75) is 12.2 Å². The lowest BCUT2D eigenvalue weighted by atomic mass is 9.82. The summed E-state index contributed by atoms with van der Waals surface area (Å²) in [5.74, 6) is 0.737. The minimum absolute atomic E-state index is 0.0735. The smallest absolute Gasteiger partial charge is 0.167 e. The summed E-state index contributed by atoms with van der Waals surface area (Å²) in [6, 6.07) is 16.2. The number of methoxy groups -OCH3 is 1. The van der Waals surface area contributed by atoms with E-state index in [1.54, 1.807) is 7.11 Å². The molecule has 0 saturated carbocycles. The average molecular weight is 290 g/mol. The van der Waals surface area contributed by atoms with E-state index in [0.717, 1.165) is 21.9 Å². The molecule has 0 saturated heterocycles. The summed E-state index contributed by atoms with van der Waals surface area (Å²) in [5, 5.41) is 12.5. The normalized spacial score (nSPS) is 21.0. The van der Waals surface area contributed by atoms with Gasteiger partial charge in [0.15, 0.2) is 11.5 Å². The molecule has 0 spiro atoms. The van der Waals surface area contributed by atoms with Crippen molar-refractivity contribution in [1.82, 2.24) is 0 Å². The maximum atomic E-state index is 10.6. The summed E-state index contributed by atoms with van der Waals surface area (Å²) < 4.78 is 11.8. The Balaban J connectivity index is 1.93. The van der Waals surface area contributed by atoms with Crippen LogP contribution >= 0.6 is 0 Å². The van der Waals surface area contributed by atoms with Crippen molar-refractivity contribution in [3.05, 3.63) is 70.8 Å². The lowest BCUT2D eigenvalue weighted by Crippen LogP contribution is -2.06. The van der Waals surface area contributed by atoms with E-state index in [4.69, 9.17) is 9.47 Å². The second-order valence-electron chi connectivity index (χ2n) is 5.78. The lowest BCUT2D eigenvalue weighted by molar-refractivity contribution is 0.0852. The molecule has 3 aromatic carbocycles. The molecule has 0 aromatic heterocycles. The molecule has 3 heteroatoms. The standard InChI is InChI=1S/C19H14O3/c1-21-19-15-14(10-6-2-3-7-11(10)16(19)20)17-12-8-4-5-9-13(12)18(15)22-17/h2-9,17-18,20H,1H3. The van der Waals surface area contributed by atoms with Crippen molar-refractivity contribution in [3.63, 3.8) is 0 Å². The van der Waals surface area contributed by atoms with E-state index in [2.05, 4.69) is 12.1 Å². The van der Waals surface area contributed by atoms with Crippen LogP contribution in [0.25, 0.3) is 10.8 Å². The van der Waals surface area contributed by atoms with E-state index in [1.807, 2.05) is 36.4 Å². The van der Waals surface area contributed by atoms with Crippen LogP contribution in [0, 0.1) is 0 Å². The van der Waals surface area contributed by atoms with Crippen LogP contribution in [-0.4, -0.2) is 12.2 Å². The number of hydrogen-bond acceptors (Lipinski definition) is 3. The van der Waals surface area contributed by atoms with Gasteiger partial charge >= 0.3 is 0 Å². The third kappa shape index (κ3) is 1.26. The molecule has 2 bridgehead atoms. The van der Waals surface area contributed by atoms with Crippen LogP contribution in [-0.2, 0) is 4.74 Å². The first kappa shape index (κ1) is 12.1. The van der Waals surface area contributed by atoms with Gasteiger partial charge in [-0.3, -0.25) is 0 Å². The van der Waals surface area contributed by atoms with Crippen LogP contribution in [0.15, 0.2) is 48.5 Å². The van der Waals surface area contributed by atoms with Crippen LogP contribution in [0.4, 0.5) is 0 Å². The van der Waals surface area contributed by atoms with E-state index < -0.39 is 0 Å². The third-order valence-corrected chi connectivity index (χ3v) is 4.78. The molecule has 2 heterocycles. The lowest BCUT2D eigenvalue weighted by Gasteiger charge is -2.21. The minimum atomic E-state index is -0.151. The number of benzene rings is 3. The third-order valence-electron chi connectivity index (χ3n) is 4.78. The number of hydrogen-bond donors (Lipinski definition) is 1. The summed E-state index contributed by atoms with van der Waals surface area (Å²) in [5.41, 5.74) is 4.50. The molecule has 0 amide bonds. The Kier molecular flexibility index (Phi) is 2.20. The van der Waals surface area contributed by atoms with Crippen LogP contribution in [0.3, 0.4) is 0 Å². The van der Waals surface area contributed by atoms with Gasteiger partial charge in [-0.1, -0.05) is 48.5 Å². The summed E-state index contributed by atoms with van der Waals surface area (Å²) >= 11 is 0. The highest BCUT2D eigenvalue weighted by Gasteiger charge is 2.46. The molecule has 2 aliphatic heterocycles. The SMILES string of the molecule is COc1c2c(c3ccccc3c1O)C1OC2c2ccccc21. The predicted molar refractivity (Wildman–Crippen MR) is 83.4 cm³/mol. The summed E-state index contributed by atoms with van der Waals surface area (Å²) in [6.45, 7) is 0. The second kappa shape index (κ2) is 4.02. The molecule has 0 fully saturated rings. The van der Waals surface area contributed by atoms with Gasteiger partial charge in [-0.25, -0.2) is 0 Å². The molecule has 22 heavy (non-hydrogen) atoms. The molecular weight excluding hydrogens is 276 g/mol. The molecule has 3 aromatic rings.